The molecule has 5 heteroatoms. The fraction of sp³-hybridized carbons (Fsp3) is 0.667. The van der Waals surface area contributed by atoms with Crippen LogP contribution in [0.5, 0.6) is 0 Å². The van der Waals surface area contributed by atoms with Gasteiger partial charge in [-0.3, -0.25) is 14.4 Å². The number of carbonyl (C=O) groups excluding carboxylic acids is 2. The Kier molecular flexibility index (Phi) is 2.02. The Morgan fingerprint density at radius 1 is 1.21 bits per heavy atom. The quantitative estimate of drug-likeness (QED) is 0.480. The standard InChI is InChI=1S/C9H10O5/c10-7(11)4-1-2-5-6(3-4)9(13)14-8(5)12/h4-6H,1-3H2,(H,10,11)/t4-,5+,6-/m0/s1. The van der Waals surface area contributed by atoms with E-state index in [1.807, 2.05) is 0 Å². The third kappa shape index (κ3) is 1.29. The lowest BCUT2D eigenvalue weighted by Crippen LogP contribution is -2.30. The number of fused-ring (bicyclic) bond motifs is 1. The van der Waals surface area contributed by atoms with Gasteiger partial charge in [0.1, 0.15) is 0 Å². The van der Waals surface area contributed by atoms with Crippen molar-refractivity contribution >= 4 is 17.9 Å². The van der Waals surface area contributed by atoms with Gasteiger partial charge in [0.05, 0.1) is 17.8 Å². The second-order valence-electron chi connectivity index (χ2n) is 3.80. The minimum Gasteiger partial charge on any atom is -0.481 e. The first-order valence-electron chi connectivity index (χ1n) is 4.58. The number of hydrogen-bond donors (Lipinski definition) is 1. The van der Waals surface area contributed by atoms with Crippen molar-refractivity contribution in [3.8, 4) is 0 Å². The Labute approximate surface area is 80.0 Å². The van der Waals surface area contributed by atoms with E-state index in [-0.39, 0.29) is 6.42 Å². The molecule has 3 atom stereocenters. The Balaban J connectivity index is 2.13. The second-order valence-corrected chi connectivity index (χ2v) is 3.80. The van der Waals surface area contributed by atoms with Gasteiger partial charge in [-0.15, -0.1) is 0 Å². The van der Waals surface area contributed by atoms with Crippen molar-refractivity contribution in [3.63, 3.8) is 0 Å². The van der Waals surface area contributed by atoms with Crippen LogP contribution in [-0.4, -0.2) is 23.0 Å². The van der Waals surface area contributed by atoms with E-state index in [9.17, 15) is 14.4 Å². The summed E-state index contributed by atoms with van der Waals surface area (Å²) in [5, 5.41) is 8.77. The molecule has 1 saturated carbocycles. The molecule has 0 bridgehead atoms. The van der Waals surface area contributed by atoms with E-state index in [0.717, 1.165) is 0 Å². The van der Waals surface area contributed by atoms with E-state index in [4.69, 9.17) is 5.11 Å². The van der Waals surface area contributed by atoms with Crippen LogP contribution in [0.3, 0.4) is 0 Å². The highest BCUT2D eigenvalue weighted by molar-refractivity contribution is 5.96. The van der Waals surface area contributed by atoms with Gasteiger partial charge in [0.25, 0.3) is 0 Å². The maximum absolute atomic E-state index is 11.2. The molecule has 0 unspecified atom stereocenters. The summed E-state index contributed by atoms with van der Waals surface area (Å²) in [5.74, 6) is -3.34. The summed E-state index contributed by atoms with van der Waals surface area (Å²) in [6.45, 7) is 0. The molecule has 0 radical (unpaired) electrons. The molecule has 1 aliphatic heterocycles. The number of carbonyl (C=O) groups is 3. The van der Waals surface area contributed by atoms with Gasteiger partial charge in [-0.05, 0) is 19.3 Å². The van der Waals surface area contributed by atoms with Crippen molar-refractivity contribution in [2.24, 2.45) is 17.8 Å². The third-order valence-electron chi connectivity index (χ3n) is 3.01. The largest absolute Gasteiger partial charge is 0.481 e. The molecule has 14 heavy (non-hydrogen) atoms. The molecule has 0 aromatic carbocycles. The van der Waals surface area contributed by atoms with E-state index in [1.165, 1.54) is 0 Å². The highest BCUT2D eigenvalue weighted by Crippen LogP contribution is 2.39. The minimum absolute atomic E-state index is 0.241. The number of ether oxygens (including phenoxy) is 1. The lowest BCUT2D eigenvalue weighted by Gasteiger charge is -2.24. The Morgan fingerprint density at radius 3 is 2.50 bits per heavy atom. The molecule has 1 aliphatic carbocycles. The summed E-state index contributed by atoms with van der Waals surface area (Å²) in [6, 6.07) is 0. The molecule has 0 spiro atoms. The minimum atomic E-state index is -0.893. The van der Waals surface area contributed by atoms with Crippen molar-refractivity contribution in [2.75, 3.05) is 0 Å². The number of carboxylic acid groups (broad SMARTS) is 1. The predicted molar refractivity (Wildman–Crippen MR) is 43.1 cm³/mol. The molecular formula is C9H10O5. The fourth-order valence-corrected chi connectivity index (χ4v) is 2.19. The summed E-state index contributed by atoms with van der Waals surface area (Å²) in [4.78, 5) is 33.0. The van der Waals surface area contributed by atoms with Crippen LogP contribution in [0.25, 0.3) is 0 Å². The SMILES string of the molecule is O=C(O)[C@H]1CC[C@H]2C(=O)OC(=O)[C@H]2C1. The van der Waals surface area contributed by atoms with E-state index in [2.05, 4.69) is 4.74 Å². The van der Waals surface area contributed by atoms with Crippen LogP contribution in [0, 0.1) is 17.8 Å². The number of rotatable bonds is 1. The summed E-state index contributed by atoms with van der Waals surface area (Å²) >= 11 is 0. The molecule has 5 nitrogen and oxygen atoms in total. The Hall–Kier alpha value is -1.39. The monoisotopic (exact) mass is 198 g/mol. The maximum Gasteiger partial charge on any atom is 0.317 e. The molecule has 2 rings (SSSR count). The lowest BCUT2D eigenvalue weighted by atomic mass is 9.75. The van der Waals surface area contributed by atoms with Gasteiger partial charge >= 0.3 is 17.9 Å². The van der Waals surface area contributed by atoms with Gasteiger partial charge < -0.3 is 9.84 Å². The smallest absolute Gasteiger partial charge is 0.317 e. The van der Waals surface area contributed by atoms with Crippen molar-refractivity contribution in [2.45, 2.75) is 19.3 Å². The summed E-state index contributed by atoms with van der Waals surface area (Å²) in [7, 11) is 0. The molecule has 76 valence electrons. The Bertz CT molecular complexity index is 308. The first-order valence-corrected chi connectivity index (χ1v) is 4.58. The van der Waals surface area contributed by atoms with Crippen molar-refractivity contribution < 1.29 is 24.2 Å². The first-order chi connectivity index (χ1) is 6.59. The van der Waals surface area contributed by atoms with E-state index in [1.54, 1.807) is 0 Å². The zero-order valence-corrected chi connectivity index (χ0v) is 7.43. The fourth-order valence-electron chi connectivity index (χ4n) is 2.19. The van der Waals surface area contributed by atoms with Gasteiger partial charge in [-0.25, -0.2) is 0 Å². The van der Waals surface area contributed by atoms with Crippen LogP contribution in [0.4, 0.5) is 0 Å². The highest BCUT2D eigenvalue weighted by atomic mass is 16.6. The summed E-state index contributed by atoms with van der Waals surface area (Å²) < 4.78 is 4.47. The van der Waals surface area contributed by atoms with Crippen molar-refractivity contribution in [1.29, 1.82) is 0 Å². The van der Waals surface area contributed by atoms with E-state index >= 15 is 0 Å². The number of cyclic esters (lactones) is 2. The zero-order valence-electron chi connectivity index (χ0n) is 7.43. The second kappa shape index (κ2) is 3.08. The lowest BCUT2D eigenvalue weighted by molar-refractivity contribution is -0.153. The average molecular weight is 198 g/mol. The molecule has 2 aliphatic rings. The molecule has 1 saturated heterocycles. The van der Waals surface area contributed by atoms with Crippen molar-refractivity contribution in [3.05, 3.63) is 0 Å². The van der Waals surface area contributed by atoms with Crippen LogP contribution >= 0.6 is 0 Å². The van der Waals surface area contributed by atoms with E-state index < -0.39 is 35.7 Å². The normalized spacial score (nSPS) is 36.4. The van der Waals surface area contributed by atoms with Gasteiger partial charge in [0.2, 0.25) is 0 Å². The zero-order chi connectivity index (χ0) is 10.3. The van der Waals surface area contributed by atoms with Crippen molar-refractivity contribution in [1.82, 2.24) is 0 Å². The number of hydrogen-bond acceptors (Lipinski definition) is 4. The number of carboxylic acids is 1. The van der Waals surface area contributed by atoms with Crippen LogP contribution in [0.15, 0.2) is 0 Å². The first kappa shape index (κ1) is 9.18. The van der Waals surface area contributed by atoms with Gasteiger partial charge in [0.15, 0.2) is 0 Å². The summed E-state index contributed by atoms with van der Waals surface area (Å²) in [6.07, 6.45) is 1.15. The molecule has 0 aromatic rings. The molecule has 0 aromatic heterocycles. The molecule has 2 fully saturated rings. The molecular weight excluding hydrogens is 188 g/mol. The number of esters is 2. The van der Waals surface area contributed by atoms with Gasteiger partial charge in [-0.1, -0.05) is 0 Å². The Morgan fingerprint density at radius 2 is 1.86 bits per heavy atom. The molecule has 0 amide bonds. The number of aliphatic carboxylic acids is 1. The van der Waals surface area contributed by atoms with Crippen LogP contribution in [0.1, 0.15) is 19.3 Å². The van der Waals surface area contributed by atoms with Gasteiger partial charge in [0, 0.05) is 0 Å². The molecule has 1 heterocycles. The highest BCUT2D eigenvalue weighted by Gasteiger charge is 2.48. The predicted octanol–water partition coefficient (Wildman–Crippen LogP) is 0.187. The van der Waals surface area contributed by atoms with E-state index in [0.29, 0.717) is 12.8 Å². The van der Waals surface area contributed by atoms with Crippen LogP contribution in [-0.2, 0) is 19.1 Å². The van der Waals surface area contributed by atoms with Crippen LogP contribution < -0.4 is 0 Å². The third-order valence-corrected chi connectivity index (χ3v) is 3.01. The topological polar surface area (TPSA) is 80.7 Å². The van der Waals surface area contributed by atoms with Gasteiger partial charge in [-0.2, -0.15) is 0 Å². The summed E-state index contributed by atoms with van der Waals surface area (Å²) in [5.41, 5.74) is 0. The van der Waals surface area contributed by atoms with Crippen LogP contribution in [0.2, 0.25) is 0 Å². The molecule has 1 N–H and O–H groups in total. The maximum atomic E-state index is 11.2. The average Bonchev–Trinajstić information content (AvgIpc) is 2.42.